The fraction of sp³-hybridized carbons (Fsp3) is 0.412. The van der Waals surface area contributed by atoms with Crippen LogP contribution in [0.25, 0.3) is 6.08 Å². The first-order chi connectivity index (χ1) is 10.1. The second kappa shape index (κ2) is 7.07. The first-order valence-electron chi connectivity index (χ1n) is 7.19. The van der Waals surface area contributed by atoms with Gasteiger partial charge in [0.05, 0.1) is 13.0 Å². The van der Waals surface area contributed by atoms with Crippen molar-refractivity contribution < 1.29 is 19.4 Å². The van der Waals surface area contributed by atoms with Crippen LogP contribution < -0.4 is 0 Å². The van der Waals surface area contributed by atoms with Gasteiger partial charge in [-0.2, -0.15) is 0 Å². The van der Waals surface area contributed by atoms with E-state index in [-0.39, 0.29) is 11.9 Å². The second-order valence-corrected chi connectivity index (χ2v) is 5.41. The van der Waals surface area contributed by atoms with Gasteiger partial charge in [0.15, 0.2) is 0 Å². The Morgan fingerprint density at radius 1 is 1.14 bits per heavy atom. The van der Waals surface area contributed by atoms with E-state index in [2.05, 4.69) is 0 Å². The summed E-state index contributed by atoms with van der Waals surface area (Å²) >= 11 is 0. The first-order valence-corrected chi connectivity index (χ1v) is 7.19. The molecular weight excluding hydrogens is 268 g/mol. The molecule has 0 heterocycles. The van der Waals surface area contributed by atoms with E-state index in [1.54, 1.807) is 6.08 Å². The number of methoxy groups -OCH3 is 1. The predicted molar refractivity (Wildman–Crippen MR) is 79.8 cm³/mol. The summed E-state index contributed by atoms with van der Waals surface area (Å²) in [5.41, 5.74) is 2.13. The summed E-state index contributed by atoms with van der Waals surface area (Å²) in [7, 11) is 1.44. The van der Waals surface area contributed by atoms with Crippen LogP contribution in [0.15, 0.2) is 30.3 Å². The van der Waals surface area contributed by atoms with E-state index in [9.17, 15) is 9.59 Å². The maximum Gasteiger partial charge on any atom is 0.328 e. The molecule has 0 amide bonds. The minimum Gasteiger partial charge on any atom is -0.478 e. The number of carboxylic acid groups (broad SMARTS) is 1. The predicted octanol–water partition coefficient (Wildman–Crippen LogP) is 3.23. The van der Waals surface area contributed by atoms with E-state index in [0.717, 1.165) is 37.3 Å². The average molecular weight is 288 g/mol. The number of rotatable bonds is 4. The highest BCUT2D eigenvalue weighted by molar-refractivity contribution is 5.85. The highest BCUT2D eigenvalue weighted by Crippen LogP contribution is 2.36. The minimum atomic E-state index is -0.944. The third-order valence-corrected chi connectivity index (χ3v) is 4.09. The van der Waals surface area contributed by atoms with Crippen LogP contribution in [-0.4, -0.2) is 24.2 Å². The Balaban J connectivity index is 1.95. The number of aliphatic carboxylic acids is 1. The van der Waals surface area contributed by atoms with E-state index in [0.29, 0.717) is 5.92 Å². The van der Waals surface area contributed by atoms with Crippen LogP contribution in [0.5, 0.6) is 0 Å². The van der Waals surface area contributed by atoms with E-state index < -0.39 is 5.97 Å². The Bertz CT molecular complexity index is 522. The van der Waals surface area contributed by atoms with Crippen LogP contribution in [0.3, 0.4) is 0 Å². The molecule has 0 unspecified atom stereocenters. The number of carbonyl (C=O) groups excluding carboxylic acids is 1. The summed E-state index contributed by atoms with van der Waals surface area (Å²) in [6.07, 6.45) is 6.45. The van der Waals surface area contributed by atoms with Gasteiger partial charge in [0.2, 0.25) is 0 Å². The Kier molecular flexibility index (Phi) is 5.14. The van der Waals surface area contributed by atoms with Crippen molar-refractivity contribution in [1.82, 2.24) is 0 Å². The maximum absolute atomic E-state index is 11.5. The van der Waals surface area contributed by atoms with Gasteiger partial charge in [0.25, 0.3) is 0 Å². The third-order valence-electron chi connectivity index (χ3n) is 4.09. The molecule has 4 heteroatoms. The monoisotopic (exact) mass is 288 g/mol. The van der Waals surface area contributed by atoms with Crippen LogP contribution in [0.4, 0.5) is 0 Å². The van der Waals surface area contributed by atoms with Gasteiger partial charge in [-0.15, -0.1) is 0 Å². The number of carboxylic acids is 1. The van der Waals surface area contributed by atoms with Crippen molar-refractivity contribution in [2.75, 3.05) is 7.11 Å². The van der Waals surface area contributed by atoms with Crippen LogP contribution >= 0.6 is 0 Å². The SMILES string of the molecule is COC(=O)C1CCC(c2ccc(C=CC(=O)O)cc2)CC1. The number of carbonyl (C=O) groups is 2. The smallest absolute Gasteiger partial charge is 0.328 e. The number of benzene rings is 1. The number of hydrogen-bond donors (Lipinski definition) is 1. The third kappa shape index (κ3) is 4.18. The summed E-state index contributed by atoms with van der Waals surface area (Å²) < 4.78 is 4.80. The molecule has 21 heavy (non-hydrogen) atoms. The van der Waals surface area contributed by atoms with Crippen molar-refractivity contribution in [3.63, 3.8) is 0 Å². The summed E-state index contributed by atoms with van der Waals surface area (Å²) in [4.78, 5) is 22.0. The maximum atomic E-state index is 11.5. The molecule has 0 aliphatic heterocycles. The molecule has 0 aromatic heterocycles. The molecule has 4 nitrogen and oxygen atoms in total. The first kappa shape index (κ1) is 15.3. The fourth-order valence-corrected chi connectivity index (χ4v) is 2.88. The molecular formula is C17H20O4. The van der Waals surface area contributed by atoms with Crippen molar-refractivity contribution in [2.45, 2.75) is 31.6 Å². The van der Waals surface area contributed by atoms with Crippen molar-refractivity contribution >= 4 is 18.0 Å². The normalized spacial score (nSPS) is 22.1. The largest absolute Gasteiger partial charge is 0.478 e. The van der Waals surface area contributed by atoms with Crippen LogP contribution in [0.1, 0.15) is 42.7 Å². The zero-order valence-corrected chi connectivity index (χ0v) is 12.1. The summed E-state index contributed by atoms with van der Waals surface area (Å²) in [5.74, 6) is -0.518. The lowest BCUT2D eigenvalue weighted by Gasteiger charge is -2.27. The molecule has 1 aliphatic rings. The fourth-order valence-electron chi connectivity index (χ4n) is 2.88. The van der Waals surface area contributed by atoms with E-state index in [1.807, 2.05) is 24.3 Å². The topological polar surface area (TPSA) is 63.6 Å². The van der Waals surface area contributed by atoms with E-state index >= 15 is 0 Å². The van der Waals surface area contributed by atoms with Crippen LogP contribution in [0.2, 0.25) is 0 Å². The lowest BCUT2D eigenvalue weighted by molar-refractivity contribution is -0.146. The average Bonchev–Trinajstić information content (AvgIpc) is 2.53. The van der Waals surface area contributed by atoms with Gasteiger partial charge in [-0.3, -0.25) is 4.79 Å². The molecule has 1 saturated carbocycles. The molecule has 1 fully saturated rings. The van der Waals surface area contributed by atoms with Crippen LogP contribution in [-0.2, 0) is 14.3 Å². The van der Waals surface area contributed by atoms with Gasteiger partial charge in [-0.05, 0) is 48.8 Å². The van der Waals surface area contributed by atoms with Gasteiger partial charge < -0.3 is 9.84 Å². The highest BCUT2D eigenvalue weighted by atomic mass is 16.5. The van der Waals surface area contributed by atoms with Crippen molar-refractivity contribution in [3.05, 3.63) is 41.5 Å². The molecule has 112 valence electrons. The molecule has 0 atom stereocenters. The van der Waals surface area contributed by atoms with Crippen LogP contribution in [0, 0.1) is 5.92 Å². The molecule has 0 saturated heterocycles. The van der Waals surface area contributed by atoms with Crippen molar-refractivity contribution in [2.24, 2.45) is 5.92 Å². The molecule has 1 aromatic rings. The van der Waals surface area contributed by atoms with Gasteiger partial charge in [0, 0.05) is 6.08 Å². The molecule has 0 bridgehead atoms. The standard InChI is InChI=1S/C17H20O4/c1-21-17(20)15-9-7-14(8-10-15)13-5-2-12(3-6-13)4-11-16(18)19/h2-6,11,14-15H,7-10H2,1H3,(H,18,19). The Hall–Kier alpha value is -2.10. The van der Waals surface area contributed by atoms with E-state index in [4.69, 9.17) is 9.84 Å². The highest BCUT2D eigenvalue weighted by Gasteiger charge is 2.27. The quantitative estimate of drug-likeness (QED) is 0.682. The van der Waals surface area contributed by atoms with Crippen molar-refractivity contribution in [1.29, 1.82) is 0 Å². The number of hydrogen-bond acceptors (Lipinski definition) is 3. The second-order valence-electron chi connectivity index (χ2n) is 5.41. The number of esters is 1. The Morgan fingerprint density at radius 2 is 1.76 bits per heavy atom. The summed E-state index contributed by atoms with van der Waals surface area (Å²) in [6, 6.07) is 7.96. The molecule has 2 rings (SSSR count). The molecule has 0 radical (unpaired) electrons. The summed E-state index contributed by atoms with van der Waals surface area (Å²) in [6.45, 7) is 0. The zero-order valence-electron chi connectivity index (χ0n) is 12.1. The Labute approximate surface area is 124 Å². The lowest BCUT2D eigenvalue weighted by atomic mass is 9.78. The number of ether oxygens (including phenoxy) is 1. The van der Waals surface area contributed by atoms with Gasteiger partial charge in [0.1, 0.15) is 0 Å². The van der Waals surface area contributed by atoms with Gasteiger partial charge in [-0.25, -0.2) is 4.79 Å². The molecule has 1 aliphatic carbocycles. The van der Waals surface area contributed by atoms with E-state index in [1.165, 1.54) is 12.7 Å². The Morgan fingerprint density at radius 3 is 2.29 bits per heavy atom. The minimum absolute atomic E-state index is 0.0454. The lowest BCUT2D eigenvalue weighted by Crippen LogP contribution is -2.22. The summed E-state index contributed by atoms with van der Waals surface area (Å²) in [5, 5.41) is 8.60. The zero-order chi connectivity index (χ0) is 15.2. The molecule has 0 spiro atoms. The molecule has 1 N–H and O–H groups in total. The van der Waals surface area contributed by atoms with Gasteiger partial charge >= 0.3 is 11.9 Å². The van der Waals surface area contributed by atoms with Gasteiger partial charge in [-0.1, -0.05) is 24.3 Å². The molecule has 1 aromatic carbocycles. The van der Waals surface area contributed by atoms with Crippen molar-refractivity contribution in [3.8, 4) is 0 Å².